The van der Waals surface area contributed by atoms with Crippen LogP contribution in [0.2, 0.25) is 5.02 Å². The minimum absolute atomic E-state index is 0.603. The van der Waals surface area contributed by atoms with Crippen molar-refractivity contribution >= 4 is 23.4 Å². The second-order valence-electron chi connectivity index (χ2n) is 4.10. The molecule has 0 aliphatic carbocycles. The summed E-state index contributed by atoms with van der Waals surface area (Å²) in [6.45, 7) is 8.56. The zero-order valence-electron chi connectivity index (χ0n) is 10.2. The fourth-order valence-electron chi connectivity index (χ4n) is 1.45. The van der Waals surface area contributed by atoms with E-state index in [9.17, 15) is 0 Å². The highest BCUT2D eigenvalue weighted by molar-refractivity contribution is 8.00. The van der Waals surface area contributed by atoms with E-state index in [1.54, 1.807) is 0 Å². The van der Waals surface area contributed by atoms with Crippen molar-refractivity contribution in [2.75, 3.05) is 6.54 Å². The van der Waals surface area contributed by atoms with E-state index in [0.717, 1.165) is 24.5 Å². The summed E-state index contributed by atoms with van der Waals surface area (Å²) in [6, 6.07) is 6.15. The Morgan fingerprint density at radius 1 is 1.38 bits per heavy atom. The molecule has 0 aliphatic heterocycles. The summed E-state index contributed by atoms with van der Waals surface area (Å²) in [4.78, 5) is 1.34. The van der Waals surface area contributed by atoms with Crippen LogP contribution in [0.3, 0.4) is 0 Å². The fraction of sp³-hybridized carbons (Fsp3) is 0.538. The Labute approximate surface area is 108 Å². The SMILES string of the molecule is CCCNCc1cc(Cl)ccc1SC(C)C. The van der Waals surface area contributed by atoms with Crippen LogP contribution in [0.4, 0.5) is 0 Å². The molecule has 1 N–H and O–H groups in total. The highest BCUT2D eigenvalue weighted by Crippen LogP contribution is 2.28. The van der Waals surface area contributed by atoms with Crippen LogP contribution in [-0.4, -0.2) is 11.8 Å². The highest BCUT2D eigenvalue weighted by atomic mass is 35.5. The molecular formula is C13H20ClNS. The van der Waals surface area contributed by atoms with Gasteiger partial charge in [-0.15, -0.1) is 11.8 Å². The Balaban J connectivity index is 2.73. The normalized spacial score (nSPS) is 11.1. The van der Waals surface area contributed by atoms with Crippen molar-refractivity contribution in [2.45, 2.75) is 43.9 Å². The molecule has 0 aliphatic rings. The van der Waals surface area contributed by atoms with E-state index >= 15 is 0 Å². The Morgan fingerprint density at radius 2 is 2.12 bits per heavy atom. The van der Waals surface area contributed by atoms with E-state index in [0.29, 0.717) is 5.25 Å². The van der Waals surface area contributed by atoms with E-state index < -0.39 is 0 Å². The van der Waals surface area contributed by atoms with Gasteiger partial charge in [-0.3, -0.25) is 0 Å². The first kappa shape index (κ1) is 13.9. The van der Waals surface area contributed by atoms with Crippen LogP contribution in [0.5, 0.6) is 0 Å². The first-order valence-corrected chi connectivity index (χ1v) is 7.05. The molecule has 0 atom stereocenters. The molecule has 1 nitrogen and oxygen atoms in total. The predicted molar refractivity (Wildman–Crippen MR) is 74.4 cm³/mol. The average molecular weight is 258 g/mol. The molecule has 0 fully saturated rings. The fourth-order valence-corrected chi connectivity index (χ4v) is 2.59. The Kier molecular flexibility index (Phi) is 6.25. The number of hydrogen-bond acceptors (Lipinski definition) is 2. The maximum absolute atomic E-state index is 6.03. The molecule has 0 amide bonds. The van der Waals surface area contributed by atoms with Crippen LogP contribution < -0.4 is 5.32 Å². The summed E-state index contributed by atoms with van der Waals surface area (Å²) in [7, 11) is 0. The highest BCUT2D eigenvalue weighted by Gasteiger charge is 2.05. The zero-order valence-corrected chi connectivity index (χ0v) is 11.8. The third kappa shape index (κ3) is 4.77. The molecule has 0 spiro atoms. The number of thioether (sulfide) groups is 1. The van der Waals surface area contributed by atoms with Gasteiger partial charge in [-0.05, 0) is 36.7 Å². The summed E-state index contributed by atoms with van der Waals surface area (Å²) in [5.41, 5.74) is 1.31. The van der Waals surface area contributed by atoms with Gasteiger partial charge in [-0.2, -0.15) is 0 Å². The van der Waals surface area contributed by atoms with Gasteiger partial charge in [0.2, 0.25) is 0 Å². The van der Waals surface area contributed by atoms with Gasteiger partial charge in [0.1, 0.15) is 0 Å². The van der Waals surface area contributed by atoms with Gasteiger partial charge >= 0.3 is 0 Å². The number of benzene rings is 1. The lowest BCUT2D eigenvalue weighted by atomic mass is 10.2. The quantitative estimate of drug-likeness (QED) is 0.601. The molecule has 1 rings (SSSR count). The van der Waals surface area contributed by atoms with Crippen molar-refractivity contribution in [3.8, 4) is 0 Å². The molecule has 1 aromatic carbocycles. The summed E-state index contributed by atoms with van der Waals surface area (Å²) >= 11 is 7.92. The maximum atomic E-state index is 6.03. The number of halogens is 1. The average Bonchev–Trinajstić information content (AvgIpc) is 2.22. The molecule has 0 saturated heterocycles. The van der Waals surface area contributed by atoms with Crippen molar-refractivity contribution in [1.82, 2.24) is 5.32 Å². The smallest absolute Gasteiger partial charge is 0.0410 e. The first-order chi connectivity index (χ1) is 7.63. The standard InChI is InChI=1S/C13H20ClNS/c1-4-7-15-9-11-8-12(14)5-6-13(11)16-10(2)3/h5-6,8,10,15H,4,7,9H2,1-3H3. The lowest BCUT2D eigenvalue weighted by Gasteiger charge is -2.12. The van der Waals surface area contributed by atoms with E-state index in [1.165, 1.54) is 10.5 Å². The third-order valence-corrected chi connectivity index (χ3v) is 3.49. The molecule has 16 heavy (non-hydrogen) atoms. The van der Waals surface area contributed by atoms with E-state index in [-0.39, 0.29) is 0 Å². The Bertz CT molecular complexity index is 326. The topological polar surface area (TPSA) is 12.0 Å². The van der Waals surface area contributed by atoms with E-state index in [1.807, 2.05) is 17.8 Å². The van der Waals surface area contributed by atoms with Gasteiger partial charge in [0.25, 0.3) is 0 Å². The second-order valence-corrected chi connectivity index (χ2v) is 6.15. The Hall–Kier alpha value is -0.180. The van der Waals surface area contributed by atoms with E-state index in [4.69, 9.17) is 11.6 Å². The van der Waals surface area contributed by atoms with Crippen LogP contribution in [0.15, 0.2) is 23.1 Å². The van der Waals surface area contributed by atoms with Crippen molar-refractivity contribution in [3.63, 3.8) is 0 Å². The number of hydrogen-bond donors (Lipinski definition) is 1. The van der Waals surface area contributed by atoms with Crippen LogP contribution >= 0.6 is 23.4 Å². The molecule has 3 heteroatoms. The number of rotatable bonds is 6. The van der Waals surface area contributed by atoms with Crippen LogP contribution in [0.25, 0.3) is 0 Å². The van der Waals surface area contributed by atoms with E-state index in [2.05, 4.69) is 38.2 Å². The molecule has 1 aromatic rings. The summed E-state index contributed by atoms with van der Waals surface area (Å²) in [5, 5.41) is 4.84. The molecule has 90 valence electrons. The molecule has 0 heterocycles. The van der Waals surface area contributed by atoms with Crippen molar-refractivity contribution < 1.29 is 0 Å². The molecule has 0 saturated carbocycles. The van der Waals surface area contributed by atoms with Gasteiger partial charge in [0.15, 0.2) is 0 Å². The van der Waals surface area contributed by atoms with Crippen molar-refractivity contribution in [1.29, 1.82) is 0 Å². The molecular weight excluding hydrogens is 238 g/mol. The Morgan fingerprint density at radius 3 is 2.75 bits per heavy atom. The van der Waals surface area contributed by atoms with Gasteiger partial charge in [-0.1, -0.05) is 32.4 Å². The minimum atomic E-state index is 0.603. The van der Waals surface area contributed by atoms with Gasteiger partial charge in [0, 0.05) is 21.7 Å². The maximum Gasteiger partial charge on any atom is 0.0410 e. The van der Waals surface area contributed by atoms with Gasteiger partial charge in [0.05, 0.1) is 0 Å². The van der Waals surface area contributed by atoms with Crippen LogP contribution in [0.1, 0.15) is 32.8 Å². The lowest BCUT2D eigenvalue weighted by molar-refractivity contribution is 0.669. The summed E-state index contributed by atoms with van der Waals surface area (Å²) < 4.78 is 0. The summed E-state index contributed by atoms with van der Waals surface area (Å²) in [6.07, 6.45) is 1.16. The minimum Gasteiger partial charge on any atom is -0.313 e. The van der Waals surface area contributed by atoms with Crippen molar-refractivity contribution in [3.05, 3.63) is 28.8 Å². The monoisotopic (exact) mass is 257 g/mol. The molecule has 0 aromatic heterocycles. The largest absolute Gasteiger partial charge is 0.313 e. The summed E-state index contributed by atoms with van der Waals surface area (Å²) in [5.74, 6) is 0. The number of nitrogens with one attached hydrogen (secondary N) is 1. The molecule has 0 radical (unpaired) electrons. The zero-order chi connectivity index (χ0) is 12.0. The van der Waals surface area contributed by atoms with Crippen molar-refractivity contribution in [2.24, 2.45) is 0 Å². The van der Waals surface area contributed by atoms with Gasteiger partial charge < -0.3 is 5.32 Å². The van der Waals surface area contributed by atoms with Gasteiger partial charge in [-0.25, -0.2) is 0 Å². The lowest BCUT2D eigenvalue weighted by Crippen LogP contribution is -2.14. The third-order valence-electron chi connectivity index (χ3n) is 2.13. The van der Waals surface area contributed by atoms with Crippen LogP contribution in [-0.2, 0) is 6.54 Å². The second kappa shape index (κ2) is 7.21. The molecule has 0 unspecified atom stereocenters. The van der Waals surface area contributed by atoms with Crippen LogP contribution in [0, 0.1) is 0 Å². The first-order valence-electron chi connectivity index (χ1n) is 5.79. The molecule has 0 bridgehead atoms. The predicted octanol–water partition coefficient (Wildman–Crippen LogP) is 4.34.